The molecule has 0 atom stereocenters. The number of phenols is 1. The predicted molar refractivity (Wildman–Crippen MR) is 70.4 cm³/mol. The molecule has 2 aromatic carbocycles. The Morgan fingerprint density at radius 1 is 1.05 bits per heavy atom. The monoisotopic (exact) mass is 298 g/mol. The fourth-order valence-electron chi connectivity index (χ4n) is 1.71. The summed E-state index contributed by atoms with van der Waals surface area (Å²) in [6, 6.07) is 9.57. The second kappa shape index (κ2) is 5.95. The highest BCUT2D eigenvalue weighted by Crippen LogP contribution is 2.33. The van der Waals surface area contributed by atoms with Crippen LogP contribution in [-0.2, 0) is 12.8 Å². The lowest BCUT2D eigenvalue weighted by Gasteiger charge is -2.11. The first-order valence-electron chi connectivity index (χ1n) is 6.06. The normalized spacial score (nSPS) is 11.2. The highest BCUT2D eigenvalue weighted by Gasteiger charge is 2.31. The van der Waals surface area contributed by atoms with Crippen molar-refractivity contribution in [3.63, 3.8) is 0 Å². The van der Waals surface area contributed by atoms with E-state index < -0.39 is 17.5 Å². The van der Waals surface area contributed by atoms with Gasteiger partial charge in [0.15, 0.2) is 0 Å². The van der Waals surface area contributed by atoms with Gasteiger partial charge in [0.05, 0.1) is 12.7 Å². The van der Waals surface area contributed by atoms with Crippen LogP contribution < -0.4 is 9.47 Å². The van der Waals surface area contributed by atoms with Crippen LogP contribution in [0.3, 0.4) is 0 Å². The summed E-state index contributed by atoms with van der Waals surface area (Å²) in [7, 11) is 1.51. The van der Waals surface area contributed by atoms with Crippen LogP contribution in [0.25, 0.3) is 0 Å². The van der Waals surface area contributed by atoms with Crippen LogP contribution in [0.15, 0.2) is 42.5 Å². The van der Waals surface area contributed by atoms with Crippen LogP contribution in [0.1, 0.15) is 11.1 Å². The van der Waals surface area contributed by atoms with Gasteiger partial charge in [-0.15, -0.1) is 0 Å². The summed E-state index contributed by atoms with van der Waals surface area (Å²) in [5.74, 6) is 0.644. The molecule has 0 fully saturated rings. The molecular weight excluding hydrogens is 285 g/mol. The molecular formula is C15H13F3O3. The van der Waals surface area contributed by atoms with E-state index in [2.05, 4.69) is 0 Å². The largest absolute Gasteiger partial charge is 0.508 e. The number of phenolic OH excluding ortho intramolecular Hbond substituents is 1. The van der Waals surface area contributed by atoms with Gasteiger partial charge in [0.1, 0.15) is 23.9 Å². The second-order valence-electron chi connectivity index (χ2n) is 4.31. The lowest BCUT2D eigenvalue weighted by Crippen LogP contribution is -2.05. The van der Waals surface area contributed by atoms with E-state index in [1.54, 1.807) is 24.3 Å². The van der Waals surface area contributed by atoms with Gasteiger partial charge in [-0.05, 0) is 24.3 Å². The fraction of sp³-hybridized carbons (Fsp3) is 0.200. The Balaban J connectivity index is 2.10. The molecule has 21 heavy (non-hydrogen) atoms. The van der Waals surface area contributed by atoms with Crippen molar-refractivity contribution in [3.05, 3.63) is 53.6 Å². The molecule has 0 aromatic heterocycles. The van der Waals surface area contributed by atoms with Crippen LogP contribution >= 0.6 is 0 Å². The maximum atomic E-state index is 12.5. The van der Waals surface area contributed by atoms with Crippen LogP contribution in [0.4, 0.5) is 13.2 Å². The van der Waals surface area contributed by atoms with E-state index in [0.29, 0.717) is 17.6 Å². The number of aromatic hydroxyl groups is 1. The van der Waals surface area contributed by atoms with E-state index in [-0.39, 0.29) is 12.2 Å². The Morgan fingerprint density at radius 2 is 1.76 bits per heavy atom. The molecule has 0 amide bonds. The molecule has 2 rings (SSSR count). The van der Waals surface area contributed by atoms with Gasteiger partial charge in [0.2, 0.25) is 0 Å². The van der Waals surface area contributed by atoms with Crippen LogP contribution in [0.2, 0.25) is 0 Å². The van der Waals surface area contributed by atoms with Crippen molar-refractivity contribution in [2.45, 2.75) is 12.8 Å². The van der Waals surface area contributed by atoms with E-state index in [1.807, 2.05) is 0 Å². The maximum absolute atomic E-state index is 12.5. The van der Waals surface area contributed by atoms with Crippen molar-refractivity contribution in [2.24, 2.45) is 0 Å². The molecule has 0 bridgehead atoms. The van der Waals surface area contributed by atoms with Crippen molar-refractivity contribution in [2.75, 3.05) is 7.11 Å². The lowest BCUT2D eigenvalue weighted by atomic mass is 10.1. The smallest absolute Gasteiger partial charge is 0.416 e. The highest BCUT2D eigenvalue weighted by molar-refractivity contribution is 5.38. The maximum Gasteiger partial charge on any atom is 0.416 e. The van der Waals surface area contributed by atoms with Gasteiger partial charge in [0.25, 0.3) is 0 Å². The number of alkyl halides is 3. The Labute approximate surface area is 119 Å². The summed E-state index contributed by atoms with van der Waals surface area (Å²) < 4.78 is 47.9. The Morgan fingerprint density at radius 3 is 2.38 bits per heavy atom. The molecule has 2 aromatic rings. The summed E-state index contributed by atoms with van der Waals surface area (Å²) >= 11 is 0. The molecule has 0 saturated heterocycles. The first-order valence-corrected chi connectivity index (χ1v) is 6.06. The molecule has 0 radical (unpaired) electrons. The minimum Gasteiger partial charge on any atom is -0.508 e. The number of methoxy groups -OCH3 is 1. The minimum absolute atomic E-state index is 0.0445. The Bertz CT molecular complexity index is 624. The van der Waals surface area contributed by atoms with Gasteiger partial charge in [-0.2, -0.15) is 13.2 Å². The van der Waals surface area contributed by atoms with E-state index in [1.165, 1.54) is 13.2 Å². The third kappa shape index (κ3) is 3.81. The van der Waals surface area contributed by atoms with Gasteiger partial charge >= 0.3 is 6.18 Å². The Hall–Kier alpha value is -2.37. The molecule has 0 aliphatic carbocycles. The number of hydrogen-bond donors (Lipinski definition) is 1. The third-order valence-corrected chi connectivity index (χ3v) is 2.85. The molecule has 1 N–H and O–H groups in total. The summed E-state index contributed by atoms with van der Waals surface area (Å²) in [5.41, 5.74) is -0.629. The topological polar surface area (TPSA) is 38.7 Å². The minimum atomic E-state index is -4.48. The molecule has 0 unspecified atom stereocenters. The van der Waals surface area contributed by atoms with Crippen molar-refractivity contribution in [3.8, 4) is 17.2 Å². The fourth-order valence-corrected chi connectivity index (χ4v) is 1.71. The van der Waals surface area contributed by atoms with Gasteiger partial charge in [-0.25, -0.2) is 0 Å². The lowest BCUT2D eigenvalue weighted by molar-refractivity contribution is -0.137. The summed E-state index contributed by atoms with van der Waals surface area (Å²) in [6.45, 7) is -0.0445. The quantitative estimate of drug-likeness (QED) is 0.927. The summed E-state index contributed by atoms with van der Waals surface area (Å²) in [5, 5.41) is 9.63. The highest BCUT2D eigenvalue weighted by atomic mass is 19.4. The average molecular weight is 298 g/mol. The number of benzene rings is 2. The first-order chi connectivity index (χ1) is 9.90. The van der Waals surface area contributed by atoms with Crippen molar-refractivity contribution < 1.29 is 27.8 Å². The van der Waals surface area contributed by atoms with Gasteiger partial charge in [0, 0.05) is 11.6 Å². The number of halogens is 3. The van der Waals surface area contributed by atoms with Crippen molar-refractivity contribution >= 4 is 0 Å². The predicted octanol–water partition coefficient (Wildman–Crippen LogP) is 4.00. The van der Waals surface area contributed by atoms with Gasteiger partial charge in [-0.3, -0.25) is 0 Å². The summed E-state index contributed by atoms with van der Waals surface area (Å²) in [6.07, 6.45) is -4.48. The van der Waals surface area contributed by atoms with E-state index in [0.717, 1.165) is 6.07 Å². The second-order valence-corrected chi connectivity index (χ2v) is 4.31. The van der Waals surface area contributed by atoms with Gasteiger partial charge in [-0.1, -0.05) is 12.1 Å². The number of hydrogen-bond acceptors (Lipinski definition) is 3. The van der Waals surface area contributed by atoms with Crippen molar-refractivity contribution in [1.82, 2.24) is 0 Å². The molecule has 0 aliphatic rings. The van der Waals surface area contributed by atoms with Gasteiger partial charge < -0.3 is 14.6 Å². The molecule has 0 saturated carbocycles. The zero-order valence-corrected chi connectivity index (χ0v) is 11.1. The third-order valence-electron chi connectivity index (χ3n) is 2.85. The molecule has 0 aliphatic heterocycles. The first kappa shape index (κ1) is 15.0. The summed E-state index contributed by atoms with van der Waals surface area (Å²) in [4.78, 5) is 0. The SMILES string of the molecule is COc1cccc(OCc2ccc(C(F)(F)F)cc2O)c1. The zero-order valence-electron chi connectivity index (χ0n) is 11.1. The Kier molecular flexibility index (Phi) is 4.26. The van der Waals surface area contributed by atoms with E-state index >= 15 is 0 Å². The number of ether oxygens (including phenoxy) is 2. The van der Waals surface area contributed by atoms with Crippen LogP contribution in [-0.4, -0.2) is 12.2 Å². The van der Waals surface area contributed by atoms with Crippen LogP contribution in [0, 0.1) is 0 Å². The average Bonchev–Trinajstić information content (AvgIpc) is 2.45. The molecule has 6 heteroatoms. The van der Waals surface area contributed by atoms with E-state index in [4.69, 9.17) is 9.47 Å². The van der Waals surface area contributed by atoms with E-state index in [9.17, 15) is 18.3 Å². The zero-order chi connectivity index (χ0) is 15.5. The molecule has 0 heterocycles. The molecule has 0 spiro atoms. The molecule has 3 nitrogen and oxygen atoms in total. The van der Waals surface area contributed by atoms with Crippen molar-refractivity contribution in [1.29, 1.82) is 0 Å². The number of rotatable bonds is 4. The molecule has 112 valence electrons. The van der Waals surface area contributed by atoms with Crippen LogP contribution in [0.5, 0.6) is 17.2 Å². The standard InChI is InChI=1S/C15H13F3O3/c1-20-12-3-2-4-13(8-12)21-9-10-5-6-11(7-14(10)19)15(16,17)18/h2-8,19H,9H2,1H3.